The Hall–Kier alpha value is -2.88. The van der Waals surface area contributed by atoms with Gasteiger partial charge in [0.2, 0.25) is 0 Å². The zero-order chi connectivity index (χ0) is 16.2. The highest BCUT2D eigenvalue weighted by atomic mass is 16.2. The third kappa shape index (κ3) is 3.31. The quantitative estimate of drug-likeness (QED) is 0.739. The molecule has 0 radical (unpaired) electrons. The molecule has 3 aromatic rings. The van der Waals surface area contributed by atoms with Crippen LogP contribution in [-0.2, 0) is 13.6 Å². The number of aromatic nitrogens is 2. The highest BCUT2D eigenvalue weighted by Crippen LogP contribution is 2.20. The summed E-state index contributed by atoms with van der Waals surface area (Å²) in [5, 5.41) is 4.28. The van der Waals surface area contributed by atoms with Gasteiger partial charge in [-0.1, -0.05) is 48.5 Å². The highest BCUT2D eigenvalue weighted by Gasteiger charge is 2.21. The van der Waals surface area contributed by atoms with Gasteiger partial charge < -0.3 is 4.90 Å². The number of nitrogens with zero attached hydrogens (tertiary/aromatic N) is 3. The van der Waals surface area contributed by atoms with Crippen LogP contribution in [0.15, 0.2) is 66.7 Å². The van der Waals surface area contributed by atoms with Gasteiger partial charge in [-0.25, -0.2) is 0 Å². The van der Waals surface area contributed by atoms with E-state index in [4.69, 9.17) is 0 Å². The van der Waals surface area contributed by atoms with Crippen molar-refractivity contribution in [1.29, 1.82) is 0 Å². The smallest absolute Gasteiger partial charge is 0.276 e. The lowest BCUT2D eigenvalue weighted by Crippen LogP contribution is -2.31. The summed E-state index contributed by atoms with van der Waals surface area (Å²) < 4.78 is 1.64. The standard InChI is InChI=1S/C19H19N3O/c1-15-13-18(21(2)20-15)19(23)22(17-11-7-4-8-12-17)14-16-9-5-3-6-10-16/h3-13H,14H2,1-2H3. The average molecular weight is 305 g/mol. The number of hydrogen-bond donors (Lipinski definition) is 0. The number of benzene rings is 2. The lowest BCUT2D eigenvalue weighted by molar-refractivity contribution is 0.0976. The molecule has 0 N–H and O–H groups in total. The third-order valence-electron chi connectivity index (χ3n) is 3.72. The maximum Gasteiger partial charge on any atom is 0.276 e. The SMILES string of the molecule is Cc1cc(C(=O)N(Cc2ccccc2)c2ccccc2)n(C)n1. The molecule has 0 atom stereocenters. The van der Waals surface area contributed by atoms with E-state index in [-0.39, 0.29) is 5.91 Å². The topological polar surface area (TPSA) is 38.1 Å². The van der Waals surface area contributed by atoms with Gasteiger partial charge >= 0.3 is 0 Å². The van der Waals surface area contributed by atoms with Crippen molar-refractivity contribution in [2.75, 3.05) is 4.90 Å². The molecule has 23 heavy (non-hydrogen) atoms. The maximum absolute atomic E-state index is 13.0. The van der Waals surface area contributed by atoms with Gasteiger partial charge in [-0.3, -0.25) is 9.48 Å². The molecule has 0 spiro atoms. The van der Waals surface area contributed by atoms with Crippen LogP contribution in [0.4, 0.5) is 5.69 Å². The van der Waals surface area contributed by atoms with Crippen molar-refractivity contribution in [1.82, 2.24) is 9.78 Å². The predicted molar refractivity (Wildman–Crippen MR) is 91.3 cm³/mol. The highest BCUT2D eigenvalue weighted by molar-refractivity contribution is 6.04. The molecule has 0 aliphatic heterocycles. The molecule has 1 amide bonds. The minimum atomic E-state index is -0.0526. The zero-order valence-corrected chi connectivity index (χ0v) is 13.3. The molecule has 0 fully saturated rings. The van der Waals surface area contributed by atoms with Gasteiger partial charge in [-0.05, 0) is 30.7 Å². The second kappa shape index (κ2) is 6.48. The van der Waals surface area contributed by atoms with E-state index in [2.05, 4.69) is 5.10 Å². The number of aryl methyl sites for hydroxylation is 2. The minimum absolute atomic E-state index is 0.0526. The van der Waals surface area contributed by atoms with Crippen LogP contribution >= 0.6 is 0 Å². The molecule has 116 valence electrons. The number of hydrogen-bond acceptors (Lipinski definition) is 2. The average Bonchev–Trinajstić information content (AvgIpc) is 2.92. The van der Waals surface area contributed by atoms with Crippen LogP contribution in [0.5, 0.6) is 0 Å². The summed E-state index contributed by atoms with van der Waals surface area (Å²) in [4.78, 5) is 14.8. The first-order chi connectivity index (χ1) is 11.1. The summed E-state index contributed by atoms with van der Waals surface area (Å²) in [6.07, 6.45) is 0. The number of anilines is 1. The monoisotopic (exact) mass is 305 g/mol. The fraction of sp³-hybridized carbons (Fsp3) is 0.158. The van der Waals surface area contributed by atoms with E-state index in [1.807, 2.05) is 73.7 Å². The van der Waals surface area contributed by atoms with Crippen LogP contribution in [0.3, 0.4) is 0 Å². The summed E-state index contributed by atoms with van der Waals surface area (Å²) in [7, 11) is 1.80. The Bertz CT molecular complexity index is 794. The van der Waals surface area contributed by atoms with Crippen LogP contribution in [-0.4, -0.2) is 15.7 Å². The Morgan fingerprint density at radius 2 is 1.65 bits per heavy atom. The number of amides is 1. The lowest BCUT2D eigenvalue weighted by Gasteiger charge is -2.23. The number of rotatable bonds is 4. The molecular weight excluding hydrogens is 286 g/mol. The third-order valence-corrected chi connectivity index (χ3v) is 3.72. The Kier molecular flexibility index (Phi) is 4.24. The Labute approximate surface area is 136 Å². The molecule has 0 saturated heterocycles. The van der Waals surface area contributed by atoms with Crippen molar-refractivity contribution in [3.63, 3.8) is 0 Å². The van der Waals surface area contributed by atoms with Crippen molar-refractivity contribution in [3.05, 3.63) is 83.7 Å². The molecule has 0 bridgehead atoms. The number of carbonyl (C=O) groups is 1. The van der Waals surface area contributed by atoms with Crippen molar-refractivity contribution < 1.29 is 4.79 Å². The van der Waals surface area contributed by atoms with Crippen LogP contribution in [0.25, 0.3) is 0 Å². The van der Waals surface area contributed by atoms with E-state index < -0.39 is 0 Å². The number of carbonyl (C=O) groups excluding carboxylic acids is 1. The fourth-order valence-electron chi connectivity index (χ4n) is 2.60. The molecule has 0 aliphatic carbocycles. The minimum Gasteiger partial charge on any atom is -0.303 e. The first-order valence-corrected chi connectivity index (χ1v) is 7.56. The largest absolute Gasteiger partial charge is 0.303 e. The van der Waals surface area contributed by atoms with E-state index in [0.29, 0.717) is 12.2 Å². The predicted octanol–water partition coefficient (Wildman–Crippen LogP) is 3.58. The first kappa shape index (κ1) is 15.0. The van der Waals surface area contributed by atoms with E-state index >= 15 is 0 Å². The molecule has 1 heterocycles. The normalized spacial score (nSPS) is 10.5. The van der Waals surface area contributed by atoms with Crippen LogP contribution in [0, 0.1) is 6.92 Å². The molecule has 4 nitrogen and oxygen atoms in total. The molecule has 3 rings (SSSR count). The van der Waals surface area contributed by atoms with Crippen LogP contribution in [0.1, 0.15) is 21.7 Å². The Morgan fingerprint density at radius 1 is 1.04 bits per heavy atom. The van der Waals surface area contributed by atoms with E-state index in [1.165, 1.54) is 0 Å². The maximum atomic E-state index is 13.0. The first-order valence-electron chi connectivity index (χ1n) is 7.56. The summed E-state index contributed by atoms with van der Waals surface area (Å²) >= 11 is 0. The summed E-state index contributed by atoms with van der Waals surface area (Å²) in [6, 6.07) is 21.5. The van der Waals surface area contributed by atoms with E-state index in [9.17, 15) is 4.79 Å². The number of para-hydroxylation sites is 1. The second-order valence-corrected chi connectivity index (χ2v) is 5.51. The van der Waals surface area contributed by atoms with Gasteiger partial charge in [0.1, 0.15) is 5.69 Å². The Balaban J connectivity index is 1.98. The van der Waals surface area contributed by atoms with Crippen molar-refractivity contribution >= 4 is 11.6 Å². The summed E-state index contributed by atoms with van der Waals surface area (Å²) in [5.74, 6) is -0.0526. The molecular formula is C19H19N3O. The van der Waals surface area contributed by atoms with Crippen molar-refractivity contribution in [3.8, 4) is 0 Å². The van der Waals surface area contributed by atoms with Crippen molar-refractivity contribution in [2.24, 2.45) is 7.05 Å². The summed E-state index contributed by atoms with van der Waals surface area (Å²) in [6.45, 7) is 2.41. The molecule has 0 unspecified atom stereocenters. The van der Waals surface area contributed by atoms with Gasteiger partial charge in [-0.15, -0.1) is 0 Å². The fourth-order valence-corrected chi connectivity index (χ4v) is 2.60. The Morgan fingerprint density at radius 3 is 2.22 bits per heavy atom. The zero-order valence-electron chi connectivity index (χ0n) is 13.3. The second-order valence-electron chi connectivity index (χ2n) is 5.51. The van der Waals surface area contributed by atoms with Crippen LogP contribution in [0.2, 0.25) is 0 Å². The van der Waals surface area contributed by atoms with Gasteiger partial charge in [0.05, 0.1) is 12.2 Å². The van der Waals surface area contributed by atoms with Crippen molar-refractivity contribution in [2.45, 2.75) is 13.5 Å². The molecule has 0 aliphatic rings. The molecule has 4 heteroatoms. The summed E-state index contributed by atoms with van der Waals surface area (Å²) in [5.41, 5.74) is 3.38. The van der Waals surface area contributed by atoms with Crippen LogP contribution < -0.4 is 4.90 Å². The van der Waals surface area contributed by atoms with E-state index in [0.717, 1.165) is 16.9 Å². The van der Waals surface area contributed by atoms with Gasteiger partial charge in [-0.2, -0.15) is 5.10 Å². The molecule has 2 aromatic carbocycles. The molecule has 0 saturated carbocycles. The lowest BCUT2D eigenvalue weighted by atomic mass is 10.2. The molecule has 1 aromatic heterocycles. The van der Waals surface area contributed by atoms with Gasteiger partial charge in [0, 0.05) is 12.7 Å². The van der Waals surface area contributed by atoms with Gasteiger partial charge in [0.25, 0.3) is 5.91 Å². The van der Waals surface area contributed by atoms with E-state index in [1.54, 1.807) is 16.6 Å². The van der Waals surface area contributed by atoms with Gasteiger partial charge in [0.15, 0.2) is 0 Å².